The minimum Gasteiger partial charge on any atom is -0.480 e. The third-order valence-electron chi connectivity index (χ3n) is 5.89. The lowest BCUT2D eigenvalue weighted by atomic mass is 10.0. The van der Waals surface area contributed by atoms with Crippen molar-refractivity contribution in [2.75, 3.05) is 6.54 Å². The fourth-order valence-electron chi connectivity index (χ4n) is 3.81. The van der Waals surface area contributed by atoms with Crippen LogP contribution in [0, 0.1) is 0 Å². The molecular formula is C25H49NO3. The highest BCUT2D eigenvalue weighted by Crippen LogP contribution is 2.14. The molecule has 0 saturated carbocycles. The Kier molecular flexibility index (Phi) is 19.5. The molecule has 0 heterocycles. The van der Waals surface area contributed by atoms with E-state index >= 15 is 0 Å². The van der Waals surface area contributed by atoms with Gasteiger partial charge in [-0.05, 0) is 19.8 Å². The van der Waals surface area contributed by atoms with E-state index in [9.17, 15) is 14.7 Å². The van der Waals surface area contributed by atoms with Crippen LogP contribution < -0.4 is 0 Å². The molecule has 1 atom stereocenters. The maximum atomic E-state index is 12.6. The Labute approximate surface area is 180 Å². The number of unbranched alkanes of at least 4 members (excludes halogenated alkanes) is 15. The number of carbonyl (C=O) groups is 2. The Morgan fingerprint density at radius 1 is 0.655 bits per heavy atom. The normalized spacial score (nSPS) is 12.1. The van der Waals surface area contributed by atoms with Gasteiger partial charge in [-0.15, -0.1) is 0 Å². The highest BCUT2D eigenvalue weighted by molar-refractivity contribution is 5.83. The predicted octanol–water partition coefficient (Wildman–Crippen LogP) is 7.35. The van der Waals surface area contributed by atoms with Crippen LogP contribution >= 0.6 is 0 Å². The lowest BCUT2D eigenvalue weighted by Gasteiger charge is -2.26. The van der Waals surface area contributed by atoms with Gasteiger partial charge in [0.2, 0.25) is 5.91 Å². The monoisotopic (exact) mass is 411 g/mol. The molecular weight excluding hydrogens is 362 g/mol. The van der Waals surface area contributed by atoms with Crippen LogP contribution in [0.4, 0.5) is 0 Å². The molecule has 0 aromatic carbocycles. The van der Waals surface area contributed by atoms with Gasteiger partial charge in [0.25, 0.3) is 0 Å². The summed E-state index contributed by atoms with van der Waals surface area (Å²) < 4.78 is 0. The molecule has 0 aliphatic carbocycles. The van der Waals surface area contributed by atoms with Gasteiger partial charge < -0.3 is 10.0 Å². The fraction of sp³-hybridized carbons (Fsp3) is 0.920. The summed E-state index contributed by atoms with van der Waals surface area (Å²) in [7, 11) is 0. The van der Waals surface area contributed by atoms with Crippen molar-refractivity contribution in [3.05, 3.63) is 0 Å². The molecule has 0 rings (SSSR count). The third kappa shape index (κ3) is 16.4. The minimum atomic E-state index is -0.900. The van der Waals surface area contributed by atoms with Crippen molar-refractivity contribution in [1.29, 1.82) is 0 Å². The highest BCUT2D eigenvalue weighted by Gasteiger charge is 2.24. The van der Waals surface area contributed by atoms with Gasteiger partial charge in [0.15, 0.2) is 0 Å². The van der Waals surface area contributed by atoms with Crippen molar-refractivity contribution in [2.45, 2.75) is 142 Å². The fourth-order valence-corrected chi connectivity index (χ4v) is 3.81. The van der Waals surface area contributed by atoms with E-state index in [0.717, 1.165) is 25.7 Å². The molecule has 0 aliphatic heterocycles. The Balaban J connectivity index is 3.91. The lowest BCUT2D eigenvalue weighted by molar-refractivity contribution is -0.149. The van der Waals surface area contributed by atoms with E-state index in [1.165, 1.54) is 83.5 Å². The van der Waals surface area contributed by atoms with Gasteiger partial charge in [-0.1, -0.05) is 110 Å². The highest BCUT2D eigenvalue weighted by atomic mass is 16.4. The number of amides is 1. The first-order chi connectivity index (χ1) is 14.0. The van der Waals surface area contributed by atoms with Crippen LogP contribution in [0.15, 0.2) is 0 Å². The van der Waals surface area contributed by atoms with Crippen molar-refractivity contribution in [2.24, 2.45) is 0 Å². The SMILES string of the molecule is CCCCCCCCCCCCCC(=O)N(CCCCCCCC)[C@@H](C)C(=O)O. The Bertz CT molecular complexity index is 398. The van der Waals surface area contributed by atoms with Crippen LogP contribution in [0.5, 0.6) is 0 Å². The van der Waals surface area contributed by atoms with Crippen molar-refractivity contribution in [3.8, 4) is 0 Å². The topological polar surface area (TPSA) is 57.6 Å². The summed E-state index contributed by atoms with van der Waals surface area (Å²) in [4.78, 5) is 25.6. The van der Waals surface area contributed by atoms with Gasteiger partial charge >= 0.3 is 5.97 Å². The molecule has 29 heavy (non-hydrogen) atoms. The standard InChI is InChI=1S/C25H49NO3/c1-4-6-8-10-12-13-14-15-16-17-19-21-24(27)26(23(3)25(28)29)22-20-18-11-9-7-5-2/h23H,4-22H2,1-3H3,(H,28,29)/t23-/m0/s1. The second kappa shape index (κ2) is 20.2. The minimum absolute atomic E-state index is 0.0179. The average molecular weight is 412 g/mol. The second-order valence-corrected chi connectivity index (χ2v) is 8.65. The molecule has 0 saturated heterocycles. The molecule has 1 amide bonds. The molecule has 0 fully saturated rings. The third-order valence-corrected chi connectivity index (χ3v) is 5.89. The number of aliphatic carboxylic acids is 1. The largest absolute Gasteiger partial charge is 0.480 e. The summed E-state index contributed by atoms with van der Waals surface area (Å²) in [6.07, 6.45) is 21.2. The molecule has 172 valence electrons. The summed E-state index contributed by atoms with van der Waals surface area (Å²) in [5.74, 6) is -0.882. The molecule has 0 aromatic rings. The predicted molar refractivity (Wildman–Crippen MR) is 123 cm³/mol. The van der Waals surface area contributed by atoms with Gasteiger partial charge in [-0.25, -0.2) is 4.79 Å². The Morgan fingerprint density at radius 2 is 1.03 bits per heavy atom. The molecule has 4 nitrogen and oxygen atoms in total. The summed E-state index contributed by atoms with van der Waals surface area (Å²) in [6.45, 7) is 6.67. The molecule has 0 spiro atoms. The first-order valence-corrected chi connectivity index (χ1v) is 12.6. The van der Waals surface area contributed by atoms with Gasteiger partial charge in [0.1, 0.15) is 6.04 Å². The second-order valence-electron chi connectivity index (χ2n) is 8.65. The summed E-state index contributed by atoms with van der Waals surface area (Å²) in [6, 6.07) is -0.717. The Hall–Kier alpha value is -1.06. The first-order valence-electron chi connectivity index (χ1n) is 12.6. The summed E-state index contributed by atoms with van der Waals surface area (Å²) >= 11 is 0. The maximum Gasteiger partial charge on any atom is 0.326 e. The molecule has 0 aromatic heterocycles. The van der Waals surface area contributed by atoms with E-state index in [0.29, 0.717) is 13.0 Å². The number of hydrogen-bond acceptors (Lipinski definition) is 2. The molecule has 4 heteroatoms. The van der Waals surface area contributed by atoms with Crippen molar-refractivity contribution in [3.63, 3.8) is 0 Å². The number of carboxylic acids is 1. The number of carboxylic acid groups (broad SMARTS) is 1. The van der Waals surface area contributed by atoms with E-state index in [2.05, 4.69) is 13.8 Å². The van der Waals surface area contributed by atoms with Crippen LogP contribution in [0.25, 0.3) is 0 Å². The number of rotatable bonds is 21. The average Bonchev–Trinajstić information content (AvgIpc) is 2.70. The van der Waals surface area contributed by atoms with Gasteiger partial charge in [0.05, 0.1) is 0 Å². The van der Waals surface area contributed by atoms with Crippen LogP contribution in [-0.2, 0) is 9.59 Å². The number of hydrogen-bond donors (Lipinski definition) is 1. The molecule has 0 radical (unpaired) electrons. The van der Waals surface area contributed by atoms with E-state index in [1.54, 1.807) is 11.8 Å². The number of nitrogens with zero attached hydrogens (tertiary/aromatic N) is 1. The molecule has 0 aliphatic rings. The van der Waals surface area contributed by atoms with E-state index in [-0.39, 0.29) is 5.91 Å². The van der Waals surface area contributed by atoms with Crippen molar-refractivity contribution >= 4 is 11.9 Å². The first kappa shape index (κ1) is 27.9. The smallest absolute Gasteiger partial charge is 0.326 e. The number of carbonyl (C=O) groups excluding carboxylic acids is 1. The quantitative estimate of drug-likeness (QED) is 0.201. The van der Waals surface area contributed by atoms with E-state index < -0.39 is 12.0 Å². The van der Waals surface area contributed by atoms with Gasteiger partial charge in [0, 0.05) is 13.0 Å². The van der Waals surface area contributed by atoms with Gasteiger partial charge in [-0.3, -0.25) is 4.79 Å². The van der Waals surface area contributed by atoms with E-state index in [1.807, 2.05) is 0 Å². The van der Waals surface area contributed by atoms with Crippen LogP contribution in [0.2, 0.25) is 0 Å². The lowest BCUT2D eigenvalue weighted by Crippen LogP contribution is -2.43. The van der Waals surface area contributed by atoms with Crippen LogP contribution in [-0.4, -0.2) is 34.5 Å². The molecule has 0 unspecified atom stereocenters. The summed E-state index contributed by atoms with van der Waals surface area (Å²) in [5.41, 5.74) is 0. The van der Waals surface area contributed by atoms with Gasteiger partial charge in [-0.2, -0.15) is 0 Å². The zero-order valence-corrected chi connectivity index (χ0v) is 19.7. The van der Waals surface area contributed by atoms with E-state index in [4.69, 9.17) is 0 Å². The van der Waals surface area contributed by atoms with Crippen LogP contribution in [0.1, 0.15) is 136 Å². The maximum absolute atomic E-state index is 12.6. The zero-order valence-electron chi connectivity index (χ0n) is 19.7. The van der Waals surface area contributed by atoms with Crippen molar-refractivity contribution in [1.82, 2.24) is 4.90 Å². The molecule has 0 bridgehead atoms. The Morgan fingerprint density at radius 3 is 1.45 bits per heavy atom. The zero-order chi connectivity index (χ0) is 21.7. The summed E-state index contributed by atoms with van der Waals surface area (Å²) in [5, 5.41) is 9.34. The van der Waals surface area contributed by atoms with Crippen molar-refractivity contribution < 1.29 is 14.7 Å². The van der Waals surface area contributed by atoms with Crippen LogP contribution in [0.3, 0.4) is 0 Å². The molecule has 1 N–H and O–H groups in total.